The molecule has 1 heterocycles. The maximum Gasteiger partial charge on any atom is 0.338 e. The Morgan fingerprint density at radius 1 is 1.21 bits per heavy atom. The van der Waals surface area contributed by atoms with E-state index in [4.69, 9.17) is 4.74 Å². The number of para-hydroxylation sites is 2. The number of hydrogen-bond donors (Lipinski definition) is 1. The van der Waals surface area contributed by atoms with Crippen LogP contribution >= 0.6 is 0 Å². The van der Waals surface area contributed by atoms with E-state index < -0.39 is 22.9 Å². The van der Waals surface area contributed by atoms with E-state index in [1.54, 1.807) is 41.3 Å². The minimum Gasteiger partial charge on any atom is -0.449 e. The first-order valence-electron chi connectivity index (χ1n) is 8.60. The molecule has 10 nitrogen and oxygen atoms in total. The molecule has 29 heavy (non-hydrogen) atoms. The number of hydrogen-bond acceptors (Lipinski definition) is 7. The van der Waals surface area contributed by atoms with Gasteiger partial charge in [0.05, 0.1) is 17.0 Å². The first-order chi connectivity index (χ1) is 13.9. The van der Waals surface area contributed by atoms with Crippen molar-refractivity contribution in [2.45, 2.75) is 19.6 Å². The van der Waals surface area contributed by atoms with E-state index in [1.807, 2.05) is 0 Å². The molecule has 0 spiro atoms. The van der Waals surface area contributed by atoms with E-state index in [2.05, 4.69) is 15.4 Å². The molecule has 3 rings (SSSR count). The first kappa shape index (κ1) is 19.7. The number of amides is 1. The van der Waals surface area contributed by atoms with Crippen molar-refractivity contribution in [2.75, 3.05) is 5.32 Å². The summed E-state index contributed by atoms with van der Waals surface area (Å²) in [5.41, 5.74) is 0.970. The summed E-state index contributed by atoms with van der Waals surface area (Å²) in [6, 6.07) is 12.4. The zero-order chi connectivity index (χ0) is 20.8. The van der Waals surface area contributed by atoms with Crippen molar-refractivity contribution in [1.29, 1.82) is 0 Å². The third-order valence-electron chi connectivity index (χ3n) is 4.01. The third kappa shape index (κ3) is 5.01. The highest BCUT2D eigenvalue weighted by Crippen LogP contribution is 2.23. The Kier molecular flexibility index (Phi) is 5.93. The van der Waals surface area contributed by atoms with Crippen molar-refractivity contribution in [3.8, 4) is 0 Å². The van der Waals surface area contributed by atoms with Crippen LogP contribution in [0.3, 0.4) is 0 Å². The number of nitrogens with zero attached hydrogens (tertiary/aromatic N) is 4. The van der Waals surface area contributed by atoms with Gasteiger partial charge in [0.15, 0.2) is 6.10 Å². The number of rotatable bonds is 7. The van der Waals surface area contributed by atoms with Gasteiger partial charge in [-0.3, -0.25) is 14.9 Å². The van der Waals surface area contributed by atoms with Gasteiger partial charge in [-0.15, -0.1) is 0 Å². The van der Waals surface area contributed by atoms with E-state index in [9.17, 15) is 19.7 Å². The maximum absolute atomic E-state index is 12.3. The van der Waals surface area contributed by atoms with Gasteiger partial charge >= 0.3 is 5.97 Å². The van der Waals surface area contributed by atoms with E-state index in [0.29, 0.717) is 6.54 Å². The Bertz CT molecular complexity index is 1020. The van der Waals surface area contributed by atoms with Crippen molar-refractivity contribution >= 4 is 23.3 Å². The number of esters is 1. The van der Waals surface area contributed by atoms with Gasteiger partial charge in [0.2, 0.25) is 0 Å². The lowest BCUT2D eigenvalue weighted by molar-refractivity contribution is -0.383. The number of nitrogens with one attached hydrogen (secondary N) is 1. The summed E-state index contributed by atoms with van der Waals surface area (Å²) in [6.07, 6.45) is 1.87. The fourth-order valence-electron chi connectivity index (χ4n) is 2.50. The lowest BCUT2D eigenvalue weighted by Crippen LogP contribution is -2.30. The number of carbonyl (C=O) groups is 2. The zero-order valence-electron chi connectivity index (χ0n) is 15.4. The molecule has 1 atom stereocenters. The quantitative estimate of drug-likeness (QED) is 0.369. The molecule has 2 aromatic carbocycles. The molecular formula is C19H17N5O5. The van der Waals surface area contributed by atoms with E-state index >= 15 is 0 Å². The molecule has 0 saturated carbocycles. The number of aromatic nitrogens is 3. The molecule has 0 aliphatic heterocycles. The largest absolute Gasteiger partial charge is 0.449 e. The minimum absolute atomic E-state index is 0.0304. The van der Waals surface area contributed by atoms with Gasteiger partial charge < -0.3 is 10.1 Å². The van der Waals surface area contributed by atoms with Crippen LogP contribution in [0, 0.1) is 10.1 Å². The third-order valence-corrected chi connectivity index (χ3v) is 4.01. The molecule has 0 radical (unpaired) electrons. The molecule has 0 aliphatic rings. The van der Waals surface area contributed by atoms with Crippen molar-refractivity contribution < 1.29 is 19.2 Å². The summed E-state index contributed by atoms with van der Waals surface area (Å²) in [7, 11) is 0. The molecule has 0 aliphatic carbocycles. The summed E-state index contributed by atoms with van der Waals surface area (Å²) in [5.74, 6) is -1.35. The smallest absolute Gasteiger partial charge is 0.338 e. The van der Waals surface area contributed by atoms with E-state index in [-0.39, 0.29) is 16.9 Å². The molecule has 0 saturated heterocycles. The fraction of sp³-hybridized carbons (Fsp3) is 0.158. The second-order valence-corrected chi connectivity index (χ2v) is 6.10. The fourth-order valence-corrected chi connectivity index (χ4v) is 2.50. The Labute approximate surface area is 165 Å². The van der Waals surface area contributed by atoms with Crippen LogP contribution in [-0.4, -0.2) is 37.7 Å². The predicted octanol–water partition coefficient (Wildman–Crippen LogP) is 2.42. The molecule has 0 fully saturated rings. The Morgan fingerprint density at radius 2 is 1.93 bits per heavy atom. The predicted molar refractivity (Wildman–Crippen MR) is 102 cm³/mol. The summed E-state index contributed by atoms with van der Waals surface area (Å²) < 4.78 is 6.81. The molecule has 3 aromatic rings. The number of nitro benzene ring substituents is 1. The normalized spacial score (nSPS) is 11.5. The monoisotopic (exact) mass is 395 g/mol. The van der Waals surface area contributed by atoms with Crippen molar-refractivity contribution in [3.05, 3.63) is 82.4 Å². The molecule has 148 valence electrons. The van der Waals surface area contributed by atoms with Gasteiger partial charge in [-0.25, -0.2) is 14.5 Å². The van der Waals surface area contributed by atoms with Crippen LogP contribution in [0.5, 0.6) is 0 Å². The molecule has 10 heteroatoms. The first-order valence-corrected chi connectivity index (χ1v) is 8.60. The van der Waals surface area contributed by atoms with Gasteiger partial charge in [-0.1, -0.05) is 24.3 Å². The molecule has 0 unspecified atom stereocenters. The standard InChI is InChI=1S/C19H17N5O5/c1-13(18(25)22-16-4-2-3-5-17(16)24(27)28)29-19(26)15-8-6-14(7-9-15)10-23-12-20-11-21-23/h2-9,11-13H,10H2,1H3,(H,22,25)/t13-/m0/s1. The van der Waals surface area contributed by atoms with Crippen molar-refractivity contribution in [3.63, 3.8) is 0 Å². The topological polar surface area (TPSA) is 129 Å². The van der Waals surface area contributed by atoms with Gasteiger partial charge in [-0.2, -0.15) is 5.10 Å². The highest BCUT2D eigenvalue weighted by Gasteiger charge is 2.22. The molecule has 1 aromatic heterocycles. The minimum atomic E-state index is -1.14. The van der Waals surface area contributed by atoms with Crippen molar-refractivity contribution in [1.82, 2.24) is 14.8 Å². The average Bonchev–Trinajstić information content (AvgIpc) is 3.21. The van der Waals surface area contributed by atoms with Gasteiger partial charge in [0.25, 0.3) is 11.6 Å². The second kappa shape index (κ2) is 8.74. The van der Waals surface area contributed by atoms with Crippen LogP contribution in [0.1, 0.15) is 22.8 Å². The number of ether oxygens (including phenoxy) is 1. The van der Waals surface area contributed by atoms with E-state index in [0.717, 1.165) is 5.56 Å². The number of anilines is 1. The van der Waals surface area contributed by atoms with Gasteiger partial charge in [-0.05, 0) is 30.7 Å². The molecule has 0 bridgehead atoms. The zero-order valence-corrected chi connectivity index (χ0v) is 15.4. The maximum atomic E-state index is 12.3. The SMILES string of the molecule is C[C@H](OC(=O)c1ccc(Cn2cncn2)cc1)C(=O)Nc1ccccc1[N+](=O)[O-]. The number of carbonyl (C=O) groups excluding carboxylic acids is 2. The van der Waals surface area contributed by atoms with Crippen molar-refractivity contribution in [2.24, 2.45) is 0 Å². The van der Waals surface area contributed by atoms with Gasteiger partial charge in [0, 0.05) is 6.07 Å². The van der Waals surface area contributed by atoms with Crippen LogP contribution in [-0.2, 0) is 16.1 Å². The molecular weight excluding hydrogens is 378 g/mol. The highest BCUT2D eigenvalue weighted by atomic mass is 16.6. The Morgan fingerprint density at radius 3 is 2.59 bits per heavy atom. The van der Waals surface area contributed by atoms with Gasteiger partial charge in [0.1, 0.15) is 18.3 Å². The molecule has 1 amide bonds. The second-order valence-electron chi connectivity index (χ2n) is 6.10. The summed E-state index contributed by atoms with van der Waals surface area (Å²) in [5, 5.41) is 17.4. The van der Waals surface area contributed by atoms with Crippen LogP contribution in [0.2, 0.25) is 0 Å². The van der Waals surface area contributed by atoms with Crippen LogP contribution < -0.4 is 5.32 Å². The Balaban J connectivity index is 1.60. The number of nitro groups is 1. The molecule has 1 N–H and O–H groups in total. The lowest BCUT2D eigenvalue weighted by atomic mass is 10.1. The summed E-state index contributed by atoms with van der Waals surface area (Å²) >= 11 is 0. The summed E-state index contributed by atoms with van der Waals surface area (Å²) in [6.45, 7) is 1.89. The Hall–Kier alpha value is -4.08. The van der Waals surface area contributed by atoms with E-state index in [1.165, 1.54) is 31.5 Å². The average molecular weight is 395 g/mol. The summed E-state index contributed by atoms with van der Waals surface area (Å²) in [4.78, 5) is 38.8. The lowest BCUT2D eigenvalue weighted by Gasteiger charge is -2.14. The van der Waals surface area contributed by atoms with Crippen LogP contribution in [0.25, 0.3) is 0 Å². The number of benzene rings is 2. The van der Waals surface area contributed by atoms with Crippen LogP contribution in [0.15, 0.2) is 61.2 Å². The highest BCUT2D eigenvalue weighted by molar-refractivity contribution is 5.98. The van der Waals surface area contributed by atoms with Crippen LogP contribution in [0.4, 0.5) is 11.4 Å².